The fourth-order valence-corrected chi connectivity index (χ4v) is 4.49. The molecule has 4 aromatic rings. The highest BCUT2D eigenvalue weighted by molar-refractivity contribution is 5.92. The Balaban J connectivity index is 1.28. The maximum Gasteiger partial charge on any atom is 0.244 e. The SMILES string of the molecule is COc1cc(-c2ccc(C(O)N3CCNCC3)cc2)cc2cc(CNC(=O)/C=C/c3ccc(N)nc3)oc12. The van der Waals surface area contributed by atoms with Crippen LogP contribution in [0, 0.1) is 0 Å². The van der Waals surface area contributed by atoms with Crippen molar-refractivity contribution in [3.05, 3.63) is 83.8 Å². The number of pyridine rings is 1. The van der Waals surface area contributed by atoms with Gasteiger partial charge in [-0.2, -0.15) is 0 Å². The Morgan fingerprint density at radius 1 is 1.18 bits per heavy atom. The fourth-order valence-electron chi connectivity index (χ4n) is 4.49. The van der Waals surface area contributed by atoms with Gasteiger partial charge in [-0.25, -0.2) is 4.98 Å². The van der Waals surface area contributed by atoms with Crippen LogP contribution in [0.2, 0.25) is 0 Å². The van der Waals surface area contributed by atoms with Gasteiger partial charge in [0.05, 0.1) is 13.7 Å². The zero-order valence-electron chi connectivity index (χ0n) is 21.2. The van der Waals surface area contributed by atoms with E-state index in [9.17, 15) is 9.90 Å². The van der Waals surface area contributed by atoms with Gasteiger partial charge < -0.3 is 30.6 Å². The van der Waals surface area contributed by atoms with Gasteiger partial charge in [0.25, 0.3) is 0 Å². The number of nitrogens with zero attached hydrogens (tertiary/aromatic N) is 2. The molecule has 0 saturated carbocycles. The molecule has 196 valence electrons. The number of methoxy groups -OCH3 is 1. The van der Waals surface area contributed by atoms with Crippen LogP contribution in [-0.2, 0) is 11.3 Å². The number of aromatic nitrogens is 1. The number of hydrogen-bond donors (Lipinski definition) is 4. The van der Waals surface area contributed by atoms with Crippen molar-refractivity contribution in [1.82, 2.24) is 20.5 Å². The van der Waals surface area contributed by atoms with Crippen molar-refractivity contribution in [2.24, 2.45) is 0 Å². The van der Waals surface area contributed by atoms with E-state index in [1.807, 2.05) is 42.5 Å². The van der Waals surface area contributed by atoms with Crippen LogP contribution in [0.3, 0.4) is 0 Å². The molecule has 1 unspecified atom stereocenters. The van der Waals surface area contributed by atoms with E-state index in [0.29, 0.717) is 22.9 Å². The molecule has 0 bridgehead atoms. The molecule has 5 N–H and O–H groups in total. The molecule has 38 heavy (non-hydrogen) atoms. The van der Waals surface area contributed by atoms with Gasteiger partial charge in [0.2, 0.25) is 5.91 Å². The minimum absolute atomic E-state index is 0.231. The average Bonchev–Trinajstić information content (AvgIpc) is 3.38. The van der Waals surface area contributed by atoms with Crippen molar-refractivity contribution < 1.29 is 19.1 Å². The maximum atomic E-state index is 12.3. The molecule has 9 heteroatoms. The third-order valence-electron chi connectivity index (χ3n) is 6.57. The van der Waals surface area contributed by atoms with Crippen molar-refractivity contribution in [2.45, 2.75) is 12.8 Å². The summed E-state index contributed by atoms with van der Waals surface area (Å²) >= 11 is 0. The third kappa shape index (κ3) is 5.86. The maximum absolute atomic E-state index is 12.3. The summed E-state index contributed by atoms with van der Waals surface area (Å²) in [4.78, 5) is 18.3. The number of furan rings is 1. The van der Waals surface area contributed by atoms with Crippen molar-refractivity contribution in [3.8, 4) is 16.9 Å². The molecule has 1 atom stereocenters. The van der Waals surface area contributed by atoms with Crippen molar-refractivity contribution in [1.29, 1.82) is 0 Å². The number of anilines is 1. The van der Waals surface area contributed by atoms with Gasteiger partial charge in [-0.3, -0.25) is 9.69 Å². The number of hydrogen-bond acceptors (Lipinski definition) is 8. The molecular weight excluding hydrogens is 482 g/mol. The molecule has 0 radical (unpaired) electrons. The number of carbonyl (C=O) groups is 1. The smallest absolute Gasteiger partial charge is 0.244 e. The molecule has 1 fully saturated rings. The molecule has 1 aliphatic rings. The lowest BCUT2D eigenvalue weighted by Gasteiger charge is -2.31. The highest BCUT2D eigenvalue weighted by Gasteiger charge is 2.20. The minimum Gasteiger partial charge on any atom is -0.493 e. The van der Waals surface area contributed by atoms with Gasteiger partial charge in [0.15, 0.2) is 11.3 Å². The van der Waals surface area contributed by atoms with E-state index >= 15 is 0 Å². The zero-order chi connectivity index (χ0) is 26.5. The first-order chi connectivity index (χ1) is 18.5. The Hall–Kier alpha value is -4.18. The number of carbonyl (C=O) groups excluding carboxylic acids is 1. The summed E-state index contributed by atoms with van der Waals surface area (Å²) in [5, 5.41) is 17.8. The molecule has 5 rings (SSSR count). The largest absolute Gasteiger partial charge is 0.493 e. The molecule has 3 heterocycles. The number of ether oxygens (including phenoxy) is 1. The summed E-state index contributed by atoms with van der Waals surface area (Å²) in [7, 11) is 1.60. The van der Waals surface area contributed by atoms with E-state index in [2.05, 4.69) is 20.5 Å². The van der Waals surface area contributed by atoms with Crippen LogP contribution < -0.4 is 21.1 Å². The summed E-state index contributed by atoms with van der Waals surface area (Å²) in [6, 6.07) is 17.3. The molecule has 2 aromatic carbocycles. The predicted octanol–water partition coefficient (Wildman–Crippen LogP) is 3.31. The van der Waals surface area contributed by atoms with Gasteiger partial charge in [-0.15, -0.1) is 0 Å². The first-order valence-corrected chi connectivity index (χ1v) is 12.5. The number of aliphatic hydroxyl groups is 1. The predicted molar refractivity (Wildman–Crippen MR) is 147 cm³/mol. The zero-order valence-corrected chi connectivity index (χ0v) is 21.2. The van der Waals surface area contributed by atoms with Crippen LogP contribution in [-0.4, -0.2) is 54.2 Å². The van der Waals surface area contributed by atoms with Gasteiger partial charge >= 0.3 is 0 Å². The van der Waals surface area contributed by atoms with E-state index in [0.717, 1.165) is 53.8 Å². The molecule has 1 amide bonds. The van der Waals surface area contributed by atoms with Crippen LogP contribution in [0.1, 0.15) is 23.1 Å². The first kappa shape index (κ1) is 25.5. The highest BCUT2D eigenvalue weighted by atomic mass is 16.5. The second-order valence-electron chi connectivity index (χ2n) is 9.16. The normalized spacial score (nSPS) is 15.1. The molecule has 9 nitrogen and oxygen atoms in total. The molecule has 0 aliphatic carbocycles. The molecule has 1 aliphatic heterocycles. The Morgan fingerprint density at radius 3 is 2.68 bits per heavy atom. The number of fused-ring (bicyclic) bond motifs is 1. The highest BCUT2D eigenvalue weighted by Crippen LogP contribution is 2.35. The third-order valence-corrected chi connectivity index (χ3v) is 6.57. The number of benzene rings is 2. The standard InChI is InChI=1S/C29H31N5O4/c1-37-25-16-22(20-4-6-21(7-5-20)29(36)34-12-10-31-11-13-34)14-23-15-24(38-28(23)25)18-33-27(35)9-3-19-2-8-26(30)32-17-19/h2-9,14-17,29,31,36H,10-13,18H2,1H3,(H2,30,32)(H,33,35)/b9-3+. The molecule has 1 saturated heterocycles. The summed E-state index contributed by atoms with van der Waals surface area (Å²) in [5.74, 6) is 1.39. The second kappa shape index (κ2) is 11.5. The lowest BCUT2D eigenvalue weighted by Crippen LogP contribution is -2.45. The van der Waals surface area contributed by atoms with Crippen LogP contribution in [0.25, 0.3) is 28.2 Å². The second-order valence-corrected chi connectivity index (χ2v) is 9.16. The van der Waals surface area contributed by atoms with Crippen molar-refractivity contribution in [3.63, 3.8) is 0 Å². The van der Waals surface area contributed by atoms with E-state index in [1.54, 1.807) is 31.5 Å². The summed E-state index contributed by atoms with van der Waals surface area (Å²) in [5.41, 5.74) is 9.82. The fraction of sp³-hybridized carbons (Fsp3) is 0.241. The Kier molecular flexibility index (Phi) is 7.69. The number of piperazine rings is 1. The number of amides is 1. The van der Waals surface area contributed by atoms with E-state index < -0.39 is 6.23 Å². The lowest BCUT2D eigenvalue weighted by molar-refractivity contribution is -0.116. The number of nitrogens with one attached hydrogen (secondary N) is 2. The Labute approximate surface area is 220 Å². The quantitative estimate of drug-likeness (QED) is 0.265. The monoisotopic (exact) mass is 513 g/mol. The Bertz CT molecular complexity index is 1420. The Morgan fingerprint density at radius 2 is 1.97 bits per heavy atom. The number of nitrogen functional groups attached to an aromatic ring is 1. The van der Waals surface area contributed by atoms with Crippen LogP contribution >= 0.6 is 0 Å². The van der Waals surface area contributed by atoms with E-state index in [4.69, 9.17) is 14.9 Å². The van der Waals surface area contributed by atoms with Gasteiger partial charge in [-0.05, 0) is 58.7 Å². The van der Waals surface area contributed by atoms with Crippen molar-refractivity contribution in [2.75, 3.05) is 39.0 Å². The topological polar surface area (TPSA) is 126 Å². The first-order valence-electron chi connectivity index (χ1n) is 12.5. The van der Waals surface area contributed by atoms with Gasteiger partial charge in [0.1, 0.15) is 17.8 Å². The molecule has 0 spiro atoms. The number of rotatable bonds is 8. The van der Waals surface area contributed by atoms with E-state index in [-0.39, 0.29) is 12.5 Å². The summed E-state index contributed by atoms with van der Waals surface area (Å²) in [6.45, 7) is 3.62. The molecular formula is C29H31N5O4. The van der Waals surface area contributed by atoms with Crippen LogP contribution in [0.4, 0.5) is 5.82 Å². The van der Waals surface area contributed by atoms with Gasteiger partial charge in [0, 0.05) is 43.8 Å². The average molecular weight is 514 g/mol. The number of nitrogens with two attached hydrogens (primary N) is 1. The van der Waals surface area contributed by atoms with Gasteiger partial charge in [-0.1, -0.05) is 24.3 Å². The van der Waals surface area contributed by atoms with Crippen LogP contribution in [0.15, 0.2) is 71.3 Å². The lowest BCUT2D eigenvalue weighted by atomic mass is 10.0. The number of aliphatic hydroxyl groups excluding tert-OH is 1. The molecule has 2 aromatic heterocycles. The van der Waals surface area contributed by atoms with E-state index in [1.165, 1.54) is 6.08 Å². The van der Waals surface area contributed by atoms with Crippen molar-refractivity contribution >= 4 is 28.8 Å². The summed E-state index contributed by atoms with van der Waals surface area (Å²) < 4.78 is 11.6. The summed E-state index contributed by atoms with van der Waals surface area (Å²) in [6.07, 6.45) is 4.10. The minimum atomic E-state index is -0.618. The van der Waals surface area contributed by atoms with Crippen LogP contribution in [0.5, 0.6) is 5.75 Å².